The van der Waals surface area contributed by atoms with Crippen molar-refractivity contribution in [2.75, 3.05) is 112 Å². The third kappa shape index (κ3) is 13.5. The van der Waals surface area contributed by atoms with E-state index < -0.39 is 40.4 Å². The molecule has 5 heterocycles. The van der Waals surface area contributed by atoms with Crippen molar-refractivity contribution in [2.24, 2.45) is 15.4 Å². The topological polar surface area (TPSA) is 219 Å². The predicted molar refractivity (Wildman–Crippen MR) is 298 cm³/mol. The molecule has 1 saturated carbocycles. The standard InChI is InChI=1S/C29H32N4O5S.C21H25N3O2S.C9H6O4/c34-16-18-38-17-15-31-11-13-32(14-12-31)29-23-8-6-21(5-7-22(35)20-33-27(36)9-10-28(33)37)19-26(23)39-25-4-2-1-3-24(25)30-29;25-14-16-26-15-13-23-9-11-24(12-10-23)21-17-5-1-3-7-19(17)27-20-8-4-2-6-18(20)22-21;10-5-1-2-6(11)9(5)7(12)3-4-8(9)13/h1-4,6,8-10,19,34H,5,7,11-18,20H2;1-8,25H,9-16H2;1-2H,3-4H2. The maximum absolute atomic E-state index is 12.5. The quantitative estimate of drug-likeness (QED) is 0.0932. The van der Waals surface area contributed by atoms with Crippen LogP contribution in [0.25, 0.3) is 0 Å². The molecule has 20 heteroatoms. The average molecular weight is 1110 g/mol. The number of allylic oxidation sites excluding steroid dienone is 2. The number of rotatable bonds is 15. The third-order valence-corrected chi connectivity index (χ3v) is 16.7. The highest BCUT2D eigenvalue weighted by Crippen LogP contribution is 2.43. The van der Waals surface area contributed by atoms with Crippen LogP contribution in [0.3, 0.4) is 0 Å². The summed E-state index contributed by atoms with van der Waals surface area (Å²) in [5, 5.41) is 17.7. The van der Waals surface area contributed by atoms with Crippen LogP contribution in [0.5, 0.6) is 0 Å². The van der Waals surface area contributed by atoms with Crippen LogP contribution in [-0.2, 0) is 49.5 Å². The molecule has 0 atom stereocenters. The molecule has 2 saturated heterocycles. The zero-order valence-electron chi connectivity index (χ0n) is 43.8. The minimum absolute atomic E-state index is 0.0119. The number of carbonyl (C=O) groups excluding carboxylic acids is 7. The first-order chi connectivity index (χ1) is 38.5. The van der Waals surface area contributed by atoms with Gasteiger partial charge in [-0.15, -0.1) is 0 Å². The van der Waals surface area contributed by atoms with Crippen LogP contribution in [-0.4, -0.2) is 199 Å². The highest BCUT2D eigenvalue weighted by Gasteiger charge is 2.61. The second kappa shape index (κ2) is 26.9. The zero-order valence-corrected chi connectivity index (χ0v) is 45.5. The van der Waals surface area contributed by atoms with Crippen LogP contribution in [0.4, 0.5) is 11.4 Å². The Morgan fingerprint density at radius 3 is 1.53 bits per heavy atom. The highest BCUT2D eigenvalue weighted by atomic mass is 32.2. The van der Waals surface area contributed by atoms with Crippen molar-refractivity contribution >= 4 is 87.3 Å². The van der Waals surface area contributed by atoms with Crippen molar-refractivity contribution in [2.45, 2.75) is 45.3 Å². The number of hydrogen-bond acceptors (Lipinski definition) is 19. The summed E-state index contributed by atoms with van der Waals surface area (Å²) in [6, 6.07) is 31.4. The van der Waals surface area contributed by atoms with E-state index in [1.807, 2.05) is 24.3 Å². The fourth-order valence-corrected chi connectivity index (χ4v) is 12.2. The molecule has 2 N–H and O–H groups in total. The molecule has 0 aromatic heterocycles. The molecule has 2 aliphatic carbocycles. The van der Waals surface area contributed by atoms with Gasteiger partial charge >= 0.3 is 0 Å². The largest absolute Gasteiger partial charge is 0.394 e. The number of piperazine rings is 2. The summed E-state index contributed by atoms with van der Waals surface area (Å²) < 4.78 is 10.8. The Morgan fingerprint density at radius 2 is 1.01 bits per heavy atom. The maximum Gasteiger partial charge on any atom is 0.254 e. The van der Waals surface area contributed by atoms with Gasteiger partial charge in [-0.05, 0) is 66.6 Å². The fraction of sp³-hybridized carbons (Fsp3) is 0.373. The van der Waals surface area contributed by atoms with E-state index in [1.165, 1.54) is 27.5 Å². The number of aryl methyl sites for hydroxylation is 1. The second-order valence-electron chi connectivity index (χ2n) is 19.5. The summed E-state index contributed by atoms with van der Waals surface area (Å²) in [6.45, 7) is 11.2. The Bertz CT molecular complexity index is 3040. The third-order valence-electron chi connectivity index (χ3n) is 14.4. The van der Waals surface area contributed by atoms with Crippen LogP contribution in [0.15, 0.2) is 145 Å². The molecule has 7 aliphatic rings. The Hall–Kier alpha value is -6.75. The molecule has 0 bridgehead atoms. The van der Waals surface area contributed by atoms with Gasteiger partial charge in [-0.3, -0.25) is 48.3 Å². The zero-order chi connectivity index (χ0) is 55.3. The van der Waals surface area contributed by atoms with Gasteiger partial charge in [-0.1, -0.05) is 72.1 Å². The Morgan fingerprint density at radius 1 is 0.544 bits per heavy atom. The van der Waals surface area contributed by atoms with Gasteiger partial charge in [0, 0.05) is 128 Å². The lowest BCUT2D eigenvalue weighted by Crippen LogP contribution is -2.49. The van der Waals surface area contributed by atoms with Gasteiger partial charge in [0.1, 0.15) is 11.7 Å². The molecule has 412 valence electrons. The first-order valence-electron chi connectivity index (χ1n) is 26.6. The lowest BCUT2D eigenvalue weighted by molar-refractivity contribution is -0.147. The number of nitrogens with zero attached hydrogens (tertiary/aromatic N) is 7. The van der Waals surface area contributed by atoms with E-state index in [0.29, 0.717) is 32.8 Å². The number of aliphatic hydroxyl groups excluding tert-OH is 2. The van der Waals surface area contributed by atoms with Gasteiger partial charge in [0.2, 0.25) is 5.41 Å². The highest BCUT2D eigenvalue weighted by molar-refractivity contribution is 7.99. The number of benzene rings is 4. The van der Waals surface area contributed by atoms with Crippen LogP contribution in [0, 0.1) is 5.41 Å². The molecule has 11 rings (SSSR count). The van der Waals surface area contributed by atoms with Crippen LogP contribution in [0.1, 0.15) is 36.0 Å². The number of amides is 2. The number of ether oxygens (including phenoxy) is 2. The van der Waals surface area contributed by atoms with E-state index in [4.69, 9.17) is 29.7 Å². The summed E-state index contributed by atoms with van der Waals surface area (Å²) >= 11 is 3.48. The monoisotopic (exact) mass is 1110 g/mol. The van der Waals surface area contributed by atoms with Crippen molar-refractivity contribution in [3.8, 4) is 0 Å². The predicted octanol–water partition coefficient (Wildman–Crippen LogP) is 4.75. The van der Waals surface area contributed by atoms with Gasteiger partial charge in [0.05, 0.1) is 57.6 Å². The van der Waals surface area contributed by atoms with E-state index in [2.05, 4.69) is 86.3 Å². The number of imide groups is 1. The first-order valence-corrected chi connectivity index (χ1v) is 28.2. The average Bonchev–Trinajstić information content (AvgIpc) is 4.06. The molecule has 5 aliphatic heterocycles. The Labute approximate surface area is 467 Å². The smallest absolute Gasteiger partial charge is 0.254 e. The Balaban J connectivity index is 0.000000162. The fourth-order valence-electron chi connectivity index (χ4n) is 10.1. The van der Waals surface area contributed by atoms with Gasteiger partial charge in [0.15, 0.2) is 28.9 Å². The van der Waals surface area contributed by atoms with Crippen molar-refractivity contribution < 1.29 is 53.2 Å². The number of ketones is 5. The summed E-state index contributed by atoms with van der Waals surface area (Å²) in [6.07, 6.45) is 5.24. The molecule has 1 spiro atoms. The summed E-state index contributed by atoms with van der Waals surface area (Å²) in [4.78, 5) is 107. The molecular formula is C59H63N7O11S2. The number of aliphatic hydroxyl groups is 2. The number of Topliss-reactive ketones (excluding diaryl/α,β-unsaturated/α-hetero) is 3. The molecule has 3 fully saturated rings. The molecule has 0 radical (unpaired) electrons. The number of amidine groups is 2. The molecule has 2 amide bonds. The normalized spacial score (nSPS) is 18.5. The second-order valence-corrected chi connectivity index (χ2v) is 21.6. The van der Waals surface area contributed by atoms with Crippen molar-refractivity contribution in [3.05, 3.63) is 132 Å². The van der Waals surface area contributed by atoms with Crippen LogP contribution >= 0.6 is 23.5 Å². The molecular weight excluding hydrogens is 1050 g/mol. The minimum atomic E-state index is -1.94. The van der Waals surface area contributed by atoms with Crippen molar-refractivity contribution in [3.63, 3.8) is 0 Å². The summed E-state index contributed by atoms with van der Waals surface area (Å²) in [7, 11) is 0. The van der Waals surface area contributed by atoms with E-state index in [9.17, 15) is 33.6 Å². The number of aliphatic imine (C=N–C) groups is 2. The molecule has 4 aromatic carbocycles. The number of hydrogen-bond donors (Lipinski definition) is 2. The van der Waals surface area contributed by atoms with Gasteiger partial charge < -0.3 is 29.5 Å². The van der Waals surface area contributed by atoms with Crippen LogP contribution < -0.4 is 0 Å². The van der Waals surface area contributed by atoms with Gasteiger partial charge in [-0.25, -0.2) is 9.98 Å². The molecule has 18 nitrogen and oxygen atoms in total. The number of fused-ring (bicyclic) bond motifs is 4. The van der Waals surface area contributed by atoms with E-state index in [0.717, 1.165) is 126 Å². The molecule has 79 heavy (non-hydrogen) atoms. The minimum Gasteiger partial charge on any atom is -0.394 e. The van der Waals surface area contributed by atoms with Gasteiger partial charge in [-0.2, -0.15) is 0 Å². The van der Waals surface area contributed by atoms with Crippen molar-refractivity contribution in [1.29, 1.82) is 0 Å². The van der Waals surface area contributed by atoms with E-state index in [-0.39, 0.29) is 44.8 Å². The number of para-hydroxylation sites is 2. The van der Waals surface area contributed by atoms with Crippen LogP contribution in [0.2, 0.25) is 0 Å². The maximum atomic E-state index is 12.5. The Kier molecular flexibility index (Phi) is 19.4. The SMILES string of the molecule is O=C(CCc1ccc2c(c1)Sc1ccccc1N=C2N1CCN(CCOCCO)CC1)CN1C(=O)C=CC1=O.O=C1C=CC(=O)C12C(=O)CCC2=O.OCCOCCN1CCN(C2=Nc3ccccc3Sc3ccccc32)CC1. The van der Waals surface area contributed by atoms with E-state index >= 15 is 0 Å². The molecule has 4 aromatic rings. The van der Waals surface area contributed by atoms with E-state index in [1.54, 1.807) is 23.5 Å². The number of carbonyl (C=O) groups is 7. The first kappa shape index (κ1) is 57.0. The lowest BCUT2D eigenvalue weighted by Gasteiger charge is -2.36. The lowest BCUT2D eigenvalue weighted by atomic mass is 9.80. The van der Waals surface area contributed by atoms with Crippen molar-refractivity contribution in [1.82, 2.24) is 24.5 Å². The van der Waals surface area contributed by atoms with Gasteiger partial charge in [0.25, 0.3) is 11.8 Å². The summed E-state index contributed by atoms with van der Waals surface area (Å²) in [5.41, 5.74) is 3.37. The molecule has 0 unspecified atom stereocenters. The summed E-state index contributed by atoms with van der Waals surface area (Å²) in [5.74, 6) is -1.38.